The predicted octanol–water partition coefficient (Wildman–Crippen LogP) is 3.36. The van der Waals surface area contributed by atoms with Gasteiger partial charge in [0.15, 0.2) is 5.96 Å². The Kier molecular flexibility index (Phi) is 8.08. The molecule has 0 aliphatic carbocycles. The molecule has 1 saturated heterocycles. The number of halogens is 3. The number of morpholine rings is 1. The standard InChI is InChI=1S/C14H19Cl2N3O.HI/c1-10(13-11(15)3-2-4-12(13)16)9-18-14(17)19-5-7-20-8-6-19;/h2-4,10H,5-9H2,1H3,(H2,17,18);1H. The summed E-state index contributed by atoms with van der Waals surface area (Å²) < 4.78 is 5.29. The molecule has 0 bridgehead atoms. The van der Waals surface area contributed by atoms with E-state index in [9.17, 15) is 0 Å². The lowest BCUT2D eigenvalue weighted by atomic mass is 10.0. The van der Waals surface area contributed by atoms with E-state index in [1.54, 1.807) is 0 Å². The van der Waals surface area contributed by atoms with E-state index in [0.717, 1.165) is 18.7 Å². The third-order valence-electron chi connectivity index (χ3n) is 3.35. The SMILES string of the molecule is CC(CN=C(N)N1CCOCC1)c1c(Cl)cccc1Cl.I. The molecule has 2 N–H and O–H groups in total. The Hall–Kier alpha value is -0.240. The van der Waals surface area contributed by atoms with Crippen molar-refractivity contribution in [3.05, 3.63) is 33.8 Å². The number of hydrogen-bond donors (Lipinski definition) is 1. The molecule has 1 heterocycles. The average Bonchev–Trinajstić information content (AvgIpc) is 2.45. The number of guanidine groups is 1. The summed E-state index contributed by atoms with van der Waals surface area (Å²) in [4.78, 5) is 6.49. The molecule has 118 valence electrons. The molecular weight excluding hydrogens is 424 g/mol. The number of aliphatic imine (C=N–C) groups is 1. The Balaban J connectivity index is 0.00000220. The van der Waals surface area contributed by atoms with Crippen LogP contribution in [0.1, 0.15) is 18.4 Å². The molecule has 1 aliphatic heterocycles. The molecule has 2 rings (SSSR count). The van der Waals surface area contributed by atoms with Crippen molar-refractivity contribution >= 4 is 53.1 Å². The lowest BCUT2D eigenvalue weighted by Crippen LogP contribution is -2.45. The van der Waals surface area contributed by atoms with Gasteiger partial charge in [0.05, 0.1) is 13.2 Å². The van der Waals surface area contributed by atoms with E-state index < -0.39 is 0 Å². The highest BCUT2D eigenvalue weighted by molar-refractivity contribution is 14.0. The molecule has 0 amide bonds. The van der Waals surface area contributed by atoms with Crippen molar-refractivity contribution in [2.75, 3.05) is 32.8 Å². The van der Waals surface area contributed by atoms with Crippen LogP contribution in [0.5, 0.6) is 0 Å². The fraction of sp³-hybridized carbons (Fsp3) is 0.500. The first-order valence-corrected chi connectivity index (χ1v) is 7.41. The molecule has 21 heavy (non-hydrogen) atoms. The number of benzene rings is 1. The van der Waals surface area contributed by atoms with Crippen LogP contribution in [0.25, 0.3) is 0 Å². The summed E-state index contributed by atoms with van der Waals surface area (Å²) in [7, 11) is 0. The number of rotatable bonds is 3. The van der Waals surface area contributed by atoms with Crippen molar-refractivity contribution in [1.29, 1.82) is 0 Å². The van der Waals surface area contributed by atoms with Gasteiger partial charge in [0.25, 0.3) is 0 Å². The zero-order chi connectivity index (χ0) is 14.5. The quantitative estimate of drug-likeness (QED) is 0.442. The lowest BCUT2D eigenvalue weighted by molar-refractivity contribution is 0.0674. The third kappa shape index (κ3) is 5.16. The molecule has 0 spiro atoms. The Morgan fingerprint density at radius 2 is 1.90 bits per heavy atom. The molecule has 1 atom stereocenters. The molecule has 0 saturated carbocycles. The fourth-order valence-electron chi connectivity index (χ4n) is 2.20. The minimum Gasteiger partial charge on any atom is -0.378 e. The summed E-state index contributed by atoms with van der Waals surface area (Å²) in [6.45, 7) is 5.58. The second-order valence-corrected chi connectivity index (χ2v) is 5.65. The van der Waals surface area contributed by atoms with E-state index >= 15 is 0 Å². The van der Waals surface area contributed by atoms with Crippen LogP contribution in [0.3, 0.4) is 0 Å². The van der Waals surface area contributed by atoms with Crippen LogP contribution in [0.15, 0.2) is 23.2 Å². The van der Waals surface area contributed by atoms with Crippen LogP contribution in [0, 0.1) is 0 Å². The van der Waals surface area contributed by atoms with Crippen molar-refractivity contribution in [3.8, 4) is 0 Å². The summed E-state index contributed by atoms with van der Waals surface area (Å²) in [6.07, 6.45) is 0. The van der Waals surface area contributed by atoms with Crippen molar-refractivity contribution < 1.29 is 4.74 Å². The number of nitrogens with zero attached hydrogens (tertiary/aromatic N) is 2. The summed E-state index contributed by atoms with van der Waals surface area (Å²) in [5.74, 6) is 0.680. The molecular formula is C14H20Cl2IN3O. The van der Waals surface area contributed by atoms with Crippen molar-refractivity contribution in [2.24, 2.45) is 10.7 Å². The van der Waals surface area contributed by atoms with E-state index in [0.29, 0.717) is 35.8 Å². The van der Waals surface area contributed by atoms with Crippen LogP contribution >= 0.6 is 47.2 Å². The summed E-state index contributed by atoms with van der Waals surface area (Å²) in [5, 5.41) is 1.34. The van der Waals surface area contributed by atoms with Crippen LogP contribution in [0.4, 0.5) is 0 Å². The van der Waals surface area contributed by atoms with Crippen LogP contribution < -0.4 is 5.73 Å². The van der Waals surface area contributed by atoms with E-state index in [-0.39, 0.29) is 29.9 Å². The monoisotopic (exact) mass is 443 g/mol. The second-order valence-electron chi connectivity index (χ2n) is 4.83. The molecule has 0 radical (unpaired) electrons. The molecule has 1 aromatic rings. The smallest absolute Gasteiger partial charge is 0.191 e. The van der Waals surface area contributed by atoms with Gasteiger partial charge in [0.2, 0.25) is 0 Å². The van der Waals surface area contributed by atoms with Crippen LogP contribution in [-0.2, 0) is 4.74 Å². The Bertz CT molecular complexity index is 473. The van der Waals surface area contributed by atoms with Crippen LogP contribution in [0.2, 0.25) is 10.0 Å². The summed E-state index contributed by atoms with van der Waals surface area (Å²) >= 11 is 12.4. The highest BCUT2D eigenvalue weighted by atomic mass is 127. The van der Waals surface area contributed by atoms with Gasteiger partial charge >= 0.3 is 0 Å². The normalized spacial score (nSPS) is 17.3. The molecule has 7 heteroatoms. The van der Waals surface area contributed by atoms with E-state index in [1.807, 2.05) is 30.0 Å². The lowest BCUT2D eigenvalue weighted by Gasteiger charge is -2.27. The maximum atomic E-state index is 6.20. The maximum Gasteiger partial charge on any atom is 0.191 e. The zero-order valence-electron chi connectivity index (χ0n) is 11.9. The van der Waals surface area contributed by atoms with Crippen molar-refractivity contribution in [1.82, 2.24) is 4.90 Å². The van der Waals surface area contributed by atoms with Crippen LogP contribution in [-0.4, -0.2) is 43.7 Å². The van der Waals surface area contributed by atoms with Gasteiger partial charge in [-0.1, -0.05) is 36.2 Å². The van der Waals surface area contributed by atoms with Gasteiger partial charge in [-0.05, 0) is 17.7 Å². The number of hydrogen-bond acceptors (Lipinski definition) is 2. The summed E-state index contributed by atoms with van der Waals surface area (Å²) in [5.41, 5.74) is 6.93. The first-order valence-electron chi connectivity index (χ1n) is 6.66. The van der Waals surface area contributed by atoms with Gasteiger partial charge in [0.1, 0.15) is 0 Å². The van der Waals surface area contributed by atoms with Crippen molar-refractivity contribution in [3.63, 3.8) is 0 Å². The molecule has 1 aliphatic rings. The molecule has 0 aromatic heterocycles. The third-order valence-corrected chi connectivity index (χ3v) is 4.01. The summed E-state index contributed by atoms with van der Waals surface area (Å²) in [6, 6.07) is 5.52. The fourth-order valence-corrected chi connectivity index (χ4v) is 2.97. The largest absolute Gasteiger partial charge is 0.378 e. The molecule has 1 fully saturated rings. The second kappa shape index (κ2) is 9.02. The highest BCUT2D eigenvalue weighted by Crippen LogP contribution is 2.31. The minimum atomic E-state index is 0. The van der Waals surface area contributed by atoms with E-state index in [4.69, 9.17) is 33.7 Å². The van der Waals surface area contributed by atoms with Gasteiger partial charge < -0.3 is 15.4 Å². The van der Waals surface area contributed by atoms with E-state index in [1.165, 1.54) is 0 Å². The number of ether oxygens (including phenoxy) is 1. The first kappa shape index (κ1) is 18.8. The average molecular weight is 444 g/mol. The molecule has 1 aromatic carbocycles. The number of nitrogens with two attached hydrogens (primary N) is 1. The van der Waals surface area contributed by atoms with E-state index in [2.05, 4.69) is 4.99 Å². The van der Waals surface area contributed by atoms with Gasteiger partial charge in [0, 0.05) is 35.6 Å². The minimum absolute atomic E-state index is 0. The predicted molar refractivity (Wildman–Crippen MR) is 99.2 cm³/mol. The van der Waals surface area contributed by atoms with Gasteiger partial charge in [-0.15, -0.1) is 24.0 Å². The topological polar surface area (TPSA) is 50.8 Å². The molecule has 4 nitrogen and oxygen atoms in total. The Labute approximate surface area is 152 Å². The van der Waals surface area contributed by atoms with Gasteiger partial charge in [-0.2, -0.15) is 0 Å². The highest BCUT2D eigenvalue weighted by Gasteiger charge is 2.15. The van der Waals surface area contributed by atoms with Crippen molar-refractivity contribution in [2.45, 2.75) is 12.8 Å². The first-order chi connectivity index (χ1) is 9.59. The maximum absolute atomic E-state index is 6.20. The zero-order valence-corrected chi connectivity index (χ0v) is 15.7. The van der Waals surface area contributed by atoms with Gasteiger partial charge in [-0.3, -0.25) is 4.99 Å². The van der Waals surface area contributed by atoms with Gasteiger partial charge in [-0.25, -0.2) is 0 Å². The molecule has 1 unspecified atom stereocenters. The Morgan fingerprint density at radius 1 is 1.33 bits per heavy atom. The Morgan fingerprint density at radius 3 is 2.48 bits per heavy atom.